The lowest BCUT2D eigenvalue weighted by Crippen LogP contribution is -2.48. The van der Waals surface area contributed by atoms with E-state index in [-0.39, 0.29) is 0 Å². The predicted octanol–water partition coefficient (Wildman–Crippen LogP) is 2.92. The Hall–Kier alpha value is -0.480. The molecule has 1 N–H and O–H groups in total. The molecule has 0 radical (unpaired) electrons. The van der Waals surface area contributed by atoms with E-state index in [4.69, 9.17) is 0 Å². The Balaban J connectivity index is 1.77. The minimum atomic E-state index is 0.422. The summed E-state index contributed by atoms with van der Waals surface area (Å²) in [6.07, 6.45) is 7.13. The standard InChI is InChI=1S/C15H25N3S/c1-15(2)7-8-19-10-14(15)17-12-5-4-6-13-11(12)9-16-18(13)3/h9,12,14,17H,4-8,10H2,1-3H3. The van der Waals surface area contributed by atoms with Gasteiger partial charge in [0.05, 0.1) is 6.20 Å². The van der Waals surface area contributed by atoms with Gasteiger partial charge in [-0.1, -0.05) is 13.8 Å². The Morgan fingerprint density at radius 2 is 2.32 bits per heavy atom. The third-order valence-corrected chi connectivity index (χ3v) is 5.96. The molecule has 2 aliphatic rings. The summed E-state index contributed by atoms with van der Waals surface area (Å²) in [5, 5.41) is 8.39. The molecular formula is C15H25N3S. The lowest BCUT2D eigenvalue weighted by molar-refractivity contribution is 0.221. The van der Waals surface area contributed by atoms with Gasteiger partial charge in [-0.15, -0.1) is 0 Å². The molecule has 2 heterocycles. The van der Waals surface area contributed by atoms with Crippen LogP contribution in [0.2, 0.25) is 0 Å². The molecule has 1 saturated heterocycles. The fourth-order valence-electron chi connectivity index (χ4n) is 3.33. The summed E-state index contributed by atoms with van der Waals surface area (Å²) in [4.78, 5) is 0. The molecule has 4 heteroatoms. The van der Waals surface area contributed by atoms with Crippen LogP contribution >= 0.6 is 11.8 Å². The largest absolute Gasteiger partial charge is 0.306 e. The van der Waals surface area contributed by atoms with Gasteiger partial charge in [-0.2, -0.15) is 16.9 Å². The van der Waals surface area contributed by atoms with Gasteiger partial charge in [0, 0.05) is 36.1 Å². The fourth-order valence-corrected chi connectivity index (χ4v) is 4.95. The van der Waals surface area contributed by atoms with Crippen molar-refractivity contribution >= 4 is 11.8 Å². The summed E-state index contributed by atoms with van der Waals surface area (Å²) in [6.45, 7) is 4.83. The molecule has 0 bridgehead atoms. The number of thioether (sulfide) groups is 1. The number of fused-ring (bicyclic) bond motifs is 1. The van der Waals surface area contributed by atoms with Crippen LogP contribution in [-0.4, -0.2) is 27.3 Å². The van der Waals surface area contributed by atoms with Crippen molar-refractivity contribution < 1.29 is 0 Å². The number of hydrogen-bond acceptors (Lipinski definition) is 3. The van der Waals surface area contributed by atoms with Crippen LogP contribution in [-0.2, 0) is 13.5 Å². The van der Waals surface area contributed by atoms with E-state index in [9.17, 15) is 0 Å². The zero-order chi connectivity index (χ0) is 13.5. The van der Waals surface area contributed by atoms with Crippen molar-refractivity contribution in [1.82, 2.24) is 15.1 Å². The third kappa shape index (κ3) is 2.57. The first-order chi connectivity index (χ1) is 9.08. The predicted molar refractivity (Wildman–Crippen MR) is 81.5 cm³/mol. The maximum Gasteiger partial charge on any atom is 0.0540 e. The molecule has 1 aliphatic heterocycles. The average Bonchev–Trinajstić information content (AvgIpc) is 2.75. The molecule has 0 aromatic carbocycles. The summed E-state index contributed by atoms with van der Waals surface area (Å²) in [7, 11) is 2.07. The van der Waals surface area contributed by atoms with Gasteiger partial charge < -0.3 is 5.32 Å². The molecule has 1 aliphatic carbocycles. The van der Waals surface area contributed by atoms with E-state index in [1.54, 1.807) is 0 Å². The maximum atomic E-state index is 4.45. The molecule has 3 nitrogen and oxygen atoms in total. The second kappa shape index (κ2) is 5.13. The monoisotopic (exact) mass is 279 g/mol. The number of aryl methyl sites for hydroxylation is 1. The van der Waals surface area contributed by atoms with Crippen molar-refractivity contribution in [3.63, 3.8) is 0 Å². The SMILES string of the molecule is Cn1ncc2c1CCCC2NC1CSCCC1(C)C. The number of nitrogens with zero attached hydrogens (tertiary/aromatic N) is 2. The quantitative estimate of drug-likeness (QED) is 0.903. The first-order valence-electron chi connectivity index (χ1n) is 7.42. The molecule has 1 fully saturated rings. The fraction of sp³-hybridized carbons (Fsp3) is 0.800. The highest BCUT2D eigenvalue weighted by molar-refractivity contribution is 7.99. The van der Waals surface area contributed by atoms with Crippen LogP contribution in [0.3, 0.4) is 0 Å². The molecule has 0 spiro atoms. The maximum absolute atomic E-state index is 4.45. The van der Waals surface area contributed by atoms with E-state index in [2.05, 4.69) is 54.0 Å². The summed E-state index contributed by atoms with van der Waals surface area (Å²) in [6, 6.07) is 1.14. The second-order valence-electron chi connectivity index (χ2n) is 6.65. The van der Waals surface area contributed by atoms with Crippen molar-refractivity contribution in [2.45, 2.75) is 51.6 Å². The van der Waals surface area contributed by atoms with Crippen LogP contribution in [0.1, 0.15) is 50.4 Å². The summed E-state index contributed by atoms with van der Waals surface area (Å²) < 4.78 is 2.06. The number of rotatable bonds is 2. The smallest absolute Gasteiger partial charge is 0.0540 e. The highest BCUT2D eigenvalue weighted by atomic mass is 32.2. The van der Waals surface area contributed by atoms with Gasteiger partial charge in [0.2, 0.25) is 0 Å². The van der Waals surface area contributed by atoms with E-state index in [1.807, 2.05) is 0 Å². The average molecular weight is 279 g/mol. The van der Waals surface area contributed by atoms with Gasteiger partial charge in [-0.3, -0.25) is 4.68 Å². The van der Waals surface area contributed by atoms with Gasteiger partial charge in [-0.05, 0) is 36.9 Å². The topological polar surface area (TPSA) is 29.9 Å². The molecular weight excluding hydrogens is 254 g/mol. The van der Waals surface area contributed by atoms with Crippen LogP contribution in [0.4, 0.5) is 0 Å². The molecule has 19 heavy (non-hydrogen) atoms. The van der Waals surface area contributed by atoms with Crippen molar-refractivity contribution in [2.75, 3.05) is 11.5 Å². The van der Waals surface area contributed by atoms with Gasteiger partial charge >= 0.3 is 0 Å². The Bertz CT molecular complexity index is 452. The van der Waals surface area contributed by atoms with Crippen LogP contribution in [0.5, 0.6) is 0 Å². The zero-order valence-electron chi connectivity index (χ0n) is 12.3. The molecule has 2 atom stereocenters. The van der Waals surface area contributed by atoms with E-state index in [0.29, 0.717) is 17.5 Å². The molecule has 2 unspecified atom stereocenters. The van der Waals surface area contributed by atoms with Crippen LogP contribution in [0.25, 0.3) is 0 Å². The Labute approximate surface area is 120 Å². The highest BCUT2D eigenvalue weighted by Crippen LogP contribution is 2.37. The minimum absolute atomic E-state index is 0.422. The van der Waals surface area contributed by atoms with E-state index >= 15 is 0 Å². The lowest BCUT2D eigenvalue weighted by Gasteiger charge is -2.41. The highest BCUT2D eigenvalue weighted by Gasteiger charge is 2.35. The normalized spacial score (nSPS) is 30.1. The molecule has 1 aromatic heterocycles. The van der Waals surface area contributed by atoms with E-state index in [1.165, 1.54) is 48.4 Å². The Morgan fingerprint density at radius 1 is 1.47 bits per heavy atom. The van der Waals surface area contributed by atoms with Crippen LogP contribution < -0.4 is 5.32 Å². The van der Waals surface area contributed by atoms with E-state index in [0.717, 1.165) is 0 Å². The van der Waals surface area contributed by atoms with Gasteiger partial charge in [0.1, 0.15) is 0 Å². The van der Waals surface area contributed by atoms with Crippen LogP contribution in [0.15, 0.2) is 6.20 Å². The Kier molecular flexibility index (Phi) is 3.65. The minimum Gasteiger partial charge on any atom is -0.306 e. The van der Waals surface area contributed by atoms with E-state index < -0.39 is 0 Å². The van der Waals surface area contributed by atoms with Gasteiger partial charge in [0.25, 0.3) is 0 Å². The molecule has 1 aromatic rings. The summed E-state index contributed by atoms with van der Waals surface area (Å²) in [5.41, 5.74) is 3.30. The van der Waals surface area contributed by atoms with Gasteiger partial charge in [0.15, 0.2) is 0 Å². The number of hydrogen-bond donors (Lipinski definition) is 1. The van der Waals surface area contributed by atoms with Crippen molar-refractivity contribution in [3.8, 4) is 0 Å². The third-order valence-electron chi connectivity index (χ3n) is 4.90. The van der Waals surface area contributed by atoms with Crippen molar-refractivity contribution in [1.29, 1.82) is 0 Å². The molecule has 0 saturated carbocycles. The number of nitrogens with one attached hydrogen (secondary N) is 1. The molecule has 106 valence electrons. The van der Waals surface area contributed by atoms with Crippen LogP contribution in [0, 0.1) is 5.41 Å². The number of aromatic nitrogens is 2. The van der Waals surface area contributed by atoms with Crippen molar-refractivity contribution in [3.05, 3.63) is 17.5 Å². The van der Waals surface area contributed by atoms with Crippen molar-refractivity contribution in [2.24, 2.45) is 12.5 Å². The lowest BCUT2D eigenvalue weighted by atomic mass is 9.81. The molecule has 3 rings (SSSR count). The Morgan fingerprint density at radius 3 is 3.11 bits per heavy atom. The zero-order valence-corrected chi connectivity index (χ0v) is 13.1. The first kappa shape index (κ1) is 13.5. The summed E-state index contributed by atoms with van der Waals surface area (Å²) >= 11 is 2.10. The molecule has 0 amide bonds. The second-order valence-corrected chi connectivity index (χ2v) is 7.80. The first-order valence-corrected chi connectivity index (χ1v) is 8.58. The summed E-state index contributed by atoms with van der Waals surface area (Å²) in [5.74, 6) is 2.56. The van der Waals surface area contributed by atoms with Gasteiger partial charge in [-0.25, -0.2) is 0 Å².